The summed E-state index contributed by atoms with van der Waals surface area (Å²) in [7, 11) is 0. The maximum atomic E-state index is 8.62. The molecule has 0 atom stereocenters. The summed E-state index contributed by atoms with van der Waals surface area (Å²) in [5.74, 6) is 1.78. The standard InChI is InChI=1S/C8H12O/c9-2-1-7-3-6-4-8(7)5-6/h3,6,8-9H,1-2,4-5H2. The largest absolute Gasteiger partial charge is 0.396 e. The van der Waals surface area contributed by atoms with E-state index in [9.17, 15) is 0 Å². The van der Waals surface area contributed by atoms with E-state index < -0.39 is 0 Å². The topological polar surface area (TPSA) is 20.2 Å². The van der Waals surface area contributed by atoms with Gasteiger partial charge in [-0.3, -0.25) is 0 Å². The monoisotopic (exact) mass is 124 g/mol. The van der Waals surface area contributed by atoms with Gasteiger partial charge < -0.3 is 5.11 Å². The van der Waals surface area contributed by atoms with Crippen molar-refractivity contribution in [1.82, 2.24) is 0 Å². The second-order valence-corrected chi connectivity index (χ2v) is 3.14. The summed E-state index contributed by atoms with van der Waals surface area (Å²) in [5, 5.41) is 8.62. The highest BCUT2D eigenvalue weighted by Crippen LogP contribution is 2.48. The van der Waals surface area contributed by atoms with Gasteiger partial charge in [0.2, 0.25) is 0 Å². The lowest BCUT2D eigenvalue weighted by Crippen LogP contribution is -2.14. The Bertz CT molecular complexity index is 143. The molecule has 0 unspecified atom stereocenters. The minimum absolute atomic E-state index is 0.342. The number of allylic oxidation sites excluding steroid dienone is 1. The van der Waals surface area contributed by atoms with Gasteiger partial charge in [-0.15, -0.1) is 0 Å². The van der Waals surface area contributed by atoms with Crippen LogP contribution in [0.3, 0.4) is 0 Å². The lowest BCUT2D eigenvalue weighted by atomic mass is 9.80. The normalized spacial score (nSPS) is 38.1. The first-order chi connectivity index (χ1) is 4.40. The predicted octanol–water partition coefficient (Wildman–Crippen LogP) is 1.33. The third-order valence-corrected chi connectivity index (χ3v) is 2.55. The number of hydrogen-bond acceptors (Lipinski definition) is 1. The minimum atomic E-state index is 0.342. The molecular formula is C8H12O. The van der Waals surface area contributed by atoms with Crippen molar-refractivity contribution >= 4 is 0 Å². The van der Waals surface area contributed by atoms with Gasteiger partial charge in [0, 0.05) is 6.61 Å². The molecule has 0 aliphatic heterocycles. The molecule has 1 fully saturated rings. The van der Waals surface area contributed by atoms with Crippen LogP contribution >= 0.6 is 0 Å². The van der Waals surface area contributed by atoms with E-state index in [0.29, 0.717) is 6.61 Å². The quantitative estimate of drug-likeness (QED) is 0.551. The van der Waals surface area contributed by atoms with Gasteiger partial charge in [0.15, 0.2) is 0 Å². The molecule has 1 N–H and O–H groups in total. The summed E-state index contributed by atoms with van der Waals surface area (Å²) in [6.07, 6.45) is 6.06. The zero-order chi connectivity index (χ0) is 6.27. The van der Waals surface area contributed by atoms with Crippen LogP contribution in [0.4, 0.5) is 0 Å². The number of aliphatic hydroxyl groups is 1. The van der Waals surface area contributed by atoms with Crippen molar-refractivity contribution in [2.45, 2.75) is 19.3 Å². The highest BCUT2D eigenvalue weighted by atomic mass is 16.2. The van der Waals surface area contributed by atoms with Gasteiger partial charge in [0.05, 0.1) is 0 Å². The predicted molar refractivity (Wildman–Crippen MR) is 36.0 cm³/mol. The third kappa shape index (κ3) is 0.715. The van der Waals surface area contributed by atoms with Gasteiger partial charge >= 0.3 is 0 Å². The molecule has 2 bridgehead atoms. The van der Waals surface area contributed by atoms with Crippen molar-refractivity contribution in [2.24, 2.45) is 11.8 Å². The molecule has 9 heavy (non-hydrogen) atoms. The van der Waals surface area contributed by atoms with E-state index >= 15 is 0 Å². The maximum Gasteiger partial charge on any atom is 0.0468 e. The Kier molecular flexibility index (Phi) is 1.12. The smallest absolute Gasteiger partial charge is 0.0468 e. The van der Waals surface area contributed by atoms with Crippen LogP contribution in [0, 0.1) is 11.8 Å². The van der Waals surface area contributed by atoms with Gasteiger partial charge in [-0.05, 0) is 31.1 Å². The first-order valence-corrected chi connectivity index (χ1v) is 3.71. The van der Waals surface area contributed by atoms with E-state index in [2.05, 4.69) is 6.08 Å². The lowest BCUT2D eigenvalue weighted by Gasteiger charge is -2.24. The maximum absolute atomic E-state index is 8.62. The molecule has 0 aromatic rings. The van der Waals surface area contributed by atoms with Gasteiger partial charge in [-0.25, -0.2) is 0 Å². The third-order valence-electron chi connectivity index (χ3n) is 2.55. The van der Waals surface area contributed by atoms with E-state index in [1.165, 1.54) is 18.4 Å². The molecule has 1 saturated carbocycles. The Morgan fingerprint density at radius 1 is 1.56 bits per heavy atom. The number of hydrogen-bond donors (Lipinski definition) is 1. The summed E-state index contributed by atoms with van der Waals surface area (Å²) in [5.41, 5.74) is 1.53. The molecular weight excluding hydrogens is 112 g/mol. The molecule has 0 radical (unpaired) electrons. The van der Waals surface area contributed by atoms with Crippen LogP contribution in [0.15, 0.2) is 11.6 Å². The minimum Gasteiger partial charge on any atom is -0.396 e. The van der Waals surface area contributed by atoms with E-state index in [4.69, 9.17) is 5.11 Å². The van der Waals surface area contributed by atoms with E-state index in [1.807, 2.05) is 0 Å². The zero-order valence-corrected chi connectivity index (χ0v) is 5.51. The van der Waals surface area contributed by atoms with Crippen molar-refractivity contribution in [1.29, 1.82) is 0 Å². The van der Waals surface area contributed by atoms with Crippen molar-refractivity contribution < 1.29 is 5.11 Å². The van der Waals surface area contributed by atoms with Crippen LogP contribution in [0.1, 0.15) is 19.3 Å². The highest BCUT2D eigenvalue weighted by molar-refractivity contribution is 5.23. The van der Waals surface area contributed by atoms with Gasteiger partial charge in [0.25, 0.3) is 0 Å². The fourth-order valence-corrected chi connectivity index (χ4v) is 1.96. The van der Waals surface area contributed by atoms with Gasteiger partial charge in [-0.1, -0.05) is 11.6 Å². The molecule has 0 heterocycles. The fraction of sp³-hybridized carbons (Fsp3) is 0.750. The molecule has 0 amide bonds. The fourth-order valence-electron chi connectivity index (χ4n) is 1.96. The molecule has 1 heteroatoms. The van der Waals surface area contributed by atoms with Crippen molar-refractivity contribution in [3.05, 3.63) is 11.6 Å². The summed E-state index contributed by atoms with van der Waals surface area (Å²) < 4.78 is 0. The van der Waals surface area contributed by atoms with Crippen molar-refractivity contribution in [2.75, 3.05) is 6.61 Å². The van der Waals surface area contributed by atoms with Crippen LogP contribution in [-0.4, -0.2) is 11.7 Å². The van der Waals surface area contributed by atoms with E-state index in [0.717, 1.165) is 18.3 Å². The van der Waals surface area contributed by atoms with E-state index in [1.54, 1.807) is 0 Å². The van der Waals surface area contributed by atoms with Crippen molar-refractivity contribution in [3.63, 3.8) is 0 Å². The Balaban J connectivity index is 1.98. The van der Waals surface area contributed by atoms with Crippen molar-refractivity contribution in [3.8, 4) is 0 Å². The molecule has 1 nitrogen and oxygen atoms in total. The average Bonchev–Trinajstić information content (AvgIpc) is 2.20. The Morgan fingerprint density at radius 3 is 2.78 bits per heavy atom. The lowest BCUT2D eigenvalue weighted by molar-refractivity contribution is 0.278. The Hall–Kier alpha value is -0.300. The molecule has 3 aliphatic rings. The average molecular weight is 124 g/mol. The van der Waals surface area contributed by atoms with Gasteiger partial charge in [0.1, 0.15) is 0 Å². The highest BCUT2D eigenvalue weighted by Gasteiger charge is 2.36. The summed E-state index contributed by atoms with van der Waals surface area (Å²) >= 11 is 0. The molecule has 3 aliphatic carbocycles. The summed E-state index contributed by atoms with van der Waals surface area (Å²) in [4.78, 5) is 0. The Labute approximate surface area is 55.4 Å². The molecule has 0 saturated heterocycles. The molecule has 3 rings (SSSR count). The van der Waals surface area contributed by atoms with Crippen LogP contribution in [0.25, 0.3) is 0 Å². The summed E-state index contributed by atoms with van der Waals surface area (Å²) in [6, 6.07) is 0. The van der Waals surface area contributed by atoms with Gasteiger partial charge in [-0.2, -0.15) is 0 Å². The zero-order valence-electron chi connectivity index (χ0n) is 5.51. The molecule has 50 valence electrons. The first kappa shape index (κ1) is 5.48. The first-order valence-electron chi connectivity index (χ1n) is 3.71. The Morgan fingerprint density at radius 2 is 2.33 bits per heavy atom. The summed E-state index contributed by atoms with van der Waals surface area (Å²) in [6.45, 7) is 0.342. The second kappa shape index (κ2) is 1.84. The SMILES string of the molecule is OCCC1=CC2CC1C2. The van der Waals surface area contributed by atoms with Crippen LogP contribution in [-0.2, 0) is 0 Å². The second-order valence-electron chi connectivity index (χ2n) is 3.14. The molecule has 0 aromatic heterocycles. The number of aliphatic hydroxyl groups excluding tert-OH is 1. The van der Waals surface area contributed by atoms with E-state index in [-0.39, 0.29) is 0 Å². The molecule has 0 aromatic carbocycles. The van der Waals surface area contributed by atoms with Crippen LogP contribution < -0.4 is 0 Å². The van der Waals surface area contributed by atoms with Crippen LogP contribution in [0.2, 0.25) is 0 Å². The molecule has 0 spiro atoms. The van der Waals surface area contributed by atoms with Crippen LogP contribution in [0.5, 0.6) is 0 Å². The number of rotatable bonds is 2.